The molecule has 0 saturated carbocycles. The molecule has 1 fully saturated rings. The van der Waals surface area contributed by atoms with Crippen molar-refractivity contribution in [3.05, 3.63) is 100 Å². The lowest BCUT2D eigenvalue weighted by Gasteiger charge is -2.45. The van der Waals surface area contributed by atoms with Crippen LogP contribution in [0, 0.1) is 0 Å². The van der Waals surface area contributed by atoms with Crippen molar-refractivity contribution in [1.82, 2.24) is 14.9 Å². The number of nitrogens with zero attached hydrogens (tertiary/aromatic N) is 3. The monoisotopic (exact) mass is 619 g/mol. The molecule has 0 radical (unpaired) electrons. The molecule has 5 nitrogen and oxygen atoms in total. The zero-order valence-electron chi connectivity index (χ0n) is 27.9. The first-order valence-electron chi connectivity index (χ1n) is 16.2. The highest BCUT2D eigenvalue weighted by Crippen LogP contribution is 2.34. The van der Waals surface area contributed by atoms with Crippen molar-refractivity contribution in [2.45, 2.75) is 97.2 Å². The Hall–Kier alpha value is -3.67. The maximum atomic E-state index is 6.50. The molecule has 2 heterocycles. The fourth-order valence-electron chi connectivity index (χ4n) is 7.03. The molecule has 3 aromatic carbocycles. The summed E-state index contributed by atoms with van der Waals surface area (Å²) in [6.07, 6.45) is 1.92. The van der Waals surface area contributed by atoms with Crippen LogP contribution in [0.4, 0.5) is 11.4 Å². The van der Waals surface area contributed by atoms with Gasteiger partial charge in [-0.05, 0) is 118 Å². The third kappa shape index (κ3) is 6.80. The number of halogens is 1. The molecule has 3 aliphatic rings. The molecule has 0 spiro atoms. The largest absolute Gasteiger partial charge is 0.354 e. The summed E-state index contributed by atoms with van der Waals surface area (Å²) in [6.45, 7) is 18.0. The predicted octanol–water partition coefficient (Wildman–Crippen LogP) is 9.98. The van der Waals surface area contributed by atoms with Gasteiger partial charge in [-0.15, -0.1) is 0 Å². The minimum atomic E-state index is -0.0118. The van der Waals surface area contributed by atoms with E-state index in [9.17, 15) is 0 Å². The van der Waals surface area contributed by atoms with Crippen LogP contribution >= 0.6 is 11.6 Å². The van der Waals surface area contributed by atoms with Gasteiger partial charge in [-0.3, -0.25) is 4.99 Å². The van der Waals surface area contributed by atoms with Crippen molar-refractivity contribution in [1.29, 1.82) is 0 Å². The van der Waals surface area contributed by atoms with Crippen molar-refractivity contribution >= 4 is 34.0 Å². The van der Waals surface area contributed by atoms with E-state index in [0.717, 1.165) is 57.7 Å². The van der Waals surface area contributed by atoms with E-state index in [0.29, 0.717) is 16.9 Å². The van der Waals surface area contributed by atoms with Crippen LogP contribution in [0.15, 0.2) is 83.9 Å². The van der Waals surface area contributed by atoms with Crippen LogP contribution in [0.2, 0.25) is 5.02 Å². The molecule has 2 aliphatic heterocycles. The number of anilines is 2. The number of hydrogen-bond acceptors (Lipinski definition) is 4. The smallest absolute Gasteiger partial charge is 0.0900 e. The van der Waals surface area contributed by atoms with Crippen LogP contribution in [-0.2, 0) is 0 Å². The minimum Gasteiger partial charge on any atom is -0.354 e. The second-order valence-electron chi connectivity index (χ2n) is 14.7. The van der Waals surface area contributed by atoms with E-state index in [-0.39, 0.29) is 17.1 Å². The van der Waals surface area contributed by atoms with Gasteiger partial charge in [0.2, 0.25) is 0 Å². The standard InChI is InChI=1S/C39H46ClN5/c1-24(2)26-9-14-29(15-10-26)41-32-20-35-37(21-33(32)42-30-22-38(5,6)44-39(7,8)23-30)45(31-16-11-27(12-17-31)25(3)4)36-18-13-28(40)19-34(36)43-35/h9-21,24-25,30,41,44H,22-23H2,1-8H3. The maximum absolute atomic E-state index is 6.50. The number of fused-ring (bicyclic) bond motifs is 2. The van der Waals surface area contributed by atoms with Crippen LogP contribution in [0.25, 0.3) is 28.1 Å². The van der Waals surface area contributed by atoms with E-state index in [1.54, 1.807) is 0 Å². The van der Waals surface area contributed by atoms with Crippen LogP contribution < -0.4 is 16.0 Å². The Kier molecular flexibility index (Phi) is 8.30. The van der Waals surface area contributed by atoms with Crippen LogP contribution in [-0.4, -0.2) is 26.7 Å². The first-order valence-corrected chi connectivity index (χ1v) is 16.6. The lowest BCUT2D eigenvalue weighted by molar-refractivity contribution is 0.163. The molecule has 2 N–H and O–H groups in total. The quantitative estimate of drug-likeness (QED) is 0.186. The van der Waals surface area contributed by atoms with Gasteiger partial charge in [-0.2, -0.15) is 0 Å². The Morgan fingerprint density at radius 2 is 1.42 bits per heavy atom. The van der Waals surface area contributed by atoms with Gasteiger partial charge in [0.15, 0.2) is 0 Å². The van der Waals surface area contributed by atoms with Crippen molar-refractivity contribution < 1.29 is 0 Å². The molecule has 0 amide bonds. The fourth-order valence-corrected chi connectivity index (χ4v) is 7.19. The molecule has 3 aromatic rings. The Labute approximate surface area is 273 Å². The Morgan fingerprint density at radius 1 is 0.822 bits per heavy atom. The lowest BCUT2D eigenvalue weighted by atomic mass is 9.80. The molecule has 6 rings (SSSR count). The van der Waals surface area contributed by atoms with Crippen molar-refractivity contribution in [2.75, 3.05) is 5.32 Å². The summed E-state index contributed by atoms with van der Waals surface area (Å²) in [5.74, 6) is 0.937. The molecule has 234 valence electrons. The zero-order chi connectivity index (χ0) is 32.1. The van der Waals surface area contributed by atoms with Gasteiger partial charge in [-0.1, -0.05) is 63.6 Å². The second kappa shape index (κ2) is 11.9. The number of piperidine rings is 1. The summed E-state index contributed by atoms with van der Waals surface area (Å²) in [5, 5.41) is 9.14. The number of hydrogen-bond donors (Lipinski definition) is 2. The summed E-state index contributed by atoms with van der Waals surface area (Å²) in [5.41, 5.74) is 9.41. The fraction of sp³-hybridized carbons (Fsp3) is 0.385. The van der Waals surface area contributed by atoms with Gasteiger partial charge in [0, 0.05) is 27.5 Å². The summed E-state index contributed by atoms with van der Waals surface area (Å²) in [6, 6.07) is 28.1. The van der Waals surface area contributed by atoms with Gasteiger partial charge >= 0.3 is 0 Å². The Morgan fingerprint density at radius 3 is 2.02 bits per heavy atom. The summed E-state index contributed by atoms with van der Waals surface area (Å²) >= 11 is 6.50. The number of rotatable bonds is 6. The van der Waals surface area contributed by atoms with Crippen molar-refractivity contribution in [3.63, 3.8) is 0 Å². The average Bonchev–Trinajstić information content (AvgIpc) is 2.95. The Balaban J connectivity index is 1.59. The van der Waals surface area contributed by atoms with E-state index in [4.69, 9.17) is 21.6 Å². The molecule has 45 heavy (non-hydrogen) atoms. The normalized spacial score (nSPS) is 17.1. The molecule has 1 saturated heterocycles. The molecular formula is C39H46ClN5. The van der Waals surface area contributed by atoms with Crippen LogP contribution in [0.5, 0.6) is 0 Å². The van der Waals surface area contributed by atoms with Gasteiger partial charge in [0.05, 0.1) is 39.5 Å². The molecule has 0 aromatic heterocycles. The predicted molar refractivity (Wildman–Crippen MR) is 190 cm³/mol. The van der Waals surface area contributed by atoms with Crippen LogP contribution in [0.1, 0.15) is 91.2 Å². The average molecular weight is 620 g/mol. The molecule has 1 aliphatic carbocycles. The number of benzene rings is 4. The SMILES string of the molecule is CC(C)c1ccc(Nc2cc3nc4cc(Cl)ccc4n(-c4ccc(C(C)C)cc4)c-3cc2=NC2CC(C)(C)NC(C)(C)C2)cc1. The third-order valence-corrected chi connectivity index (χ3v) is 9.15. The number of nitrogens with one attached hydrogen (secondary N) is 2. The summed E-state index contributed by atoms with van der Waals surface area (Å²) in [4.78, 5) is 10.7. The van der Waals surface area contributed by atoms with Gasteiger partial charge in [0.25, 0.3) is 0 Å². The summed E-state index contributed by atoms with van der Waals surface area (Å²) in [7, 11) is 0. The first-order chi connectivity index (χ1) is 21.3. The third-order valence-electron chi connectivity index (χ3n) is 8.92. The molecule has 0 atom stereocenters. The van der Waals surface area contributed by atoms with Gasteiger partial charge in [-0.25, -0.2) is 4.98 Å². The van der Waals surface area contributed by atoms with E-state index >= 15 is 0 Å². The highest BCUT2D eigenvalue weighted by Gasteiger charge is 2.37. The molecular weight excluding hydrogens is 574 g/mol. The van der Waals surface area contributed by atoms with Gasteiger partial charge < -0.3 is 15.2 Å². The highest BCUT2D eigenvalue weighted by atomic mass is 35.5. The lowest BCUT2D eigenvalue weighted by Crippen LogP contribution is -2.59. The maximum Gasteiger partial charge on any atom is 0.0900 e. The van der Waals surface area contributed by atoms with E-state index in [1.165, 1.54) is 11.1 Å². The summed E-state index contributed by atoms with van der Waals surface area (Å²) < 4.78 is 2.30. The van der Waals surface area contributed by atoms with Crippen molar-refractivity contribution in [2.24, 2.45) is 4.99 Å². The van der Waals surface area contributed by atoms with Crippen LogP contribution in [0.3, 0.4) is 0 Å². The molecule has 6 heteroatoms. The Bertz CT molecular complexity index is 1850. The number of aromatic nitrogens is 2. The highest BCUT2D eigenvalue weighted by molar-refractivity contribution is 6.31. The molecule has 0 unspecified atom stereocenters. The van der Waals surface area contributed by atoms with E-state index in [2.05, 4.69) is 137 Å². The first kappa shape index (κ1) is 31.3. The topological polar surface area (TPSA) is 54.2 Å². The zero-order valence-corrected chi connectivity index (χ0v) is 28.6. The minimum absolute atomic E-state index is 0.0118. The molecule has 0 bridgehead atoms. The van der Waals surface area contributed by atoms with E-state index in [1.807, 2.05) is 12.1 Å². The van der Waals surface area contributed by atoms with Gasteiger partial charge in [0.1, 0.15) is 0 Å². The van der Waals surface area contributed by atoms with E-state index < -0.39 is 0 Å². The van der Waals surface area contributed by atoms with Crippen molar-refractivity contribution in [3.8, 4) is 17.1 Å². The second-order valence-corrected chi connectivity index (χ2v) is 15.1.